The van der Waals surface area contributed by atoms with Crippen molar-refractivity contribution in [1.29, 1.82) is 0 Å². The topological polar surface area (TPSA) is 25.8 Å². The van der Waals surface area contributed by atoms with Gasteiger partial charge in [0.15, 0.2) is 0 Å². The molecule has 1 heterocycles. The Labute approximate surface area is 100.0 Å². The van der Waals surface area contributed by atoms with Crippen LogP contribution in [-0.4, -0.2) is 9.97 Å². The summed E-state index contributed by atoms with van der Waals surface area (Å²) >= 11 is 0. The molecule has 0 saturated heterocycles. The zero-order valence-corrected chi connectivity index (χ0v) is 9.59. The van der Waals surface area contributed by atoms with Crippen molar-refractivity contribution in [3.05, 3.63) is 60.6 Å². The van der Waals surface area contributed by atoms with Gasteiger partial charge in [-0.25, -0.2) is 0 Å². The molecule has 2 aromatic carbocycles. The fourth-order valence-electron chi connectivity index (χ4n) is 2.11. The Hall–Kier alpha value is -2.22. The molecular weight excluding hydrogens is 208 g/mol. The van der Waals surface area contributed by atoms with E-state index in [4.69, 9.17) is 0 Å². The molecule has 0 unspecified atom stereocenters. The number of fused-ring (bicyclic) bond motifs is 1. The highest BCUT2D eigenvalue weighted by molar-refractivity contribution is 5.96. The van der Waals surface area contributed by atoms with Crippen molar-refractivity contribution in [3.63, 3.8) is 0 Å². The predicted octanol–water partition coefficient (Wildman–Crippen LogP) is 3.61. The van der Waals surface area contributed by atoms with Crippen LogP contribution in [0.1, 0.15) is 5.56 Å². The molecule has 82 valence electrons. The van der Waals surface area contributed by atoms with Gasteiger partial charge in [0.1, 0.15) is 0 Å². The molecule has 0 spiro atoms. The average molecular weight is 220 g/mol. The molecule has 0 aliphatic carbocycles. The molecule has 0 aliphatic rings. The summed E-state index contributed by atoms with van der Waals surface area (Å²) in [6.45, 7) is 2.10. The Kier molecular flexibility index (Phi) is 2.33. The number of nitrogens with zero attached hydrogens (tertiary/aromatic N) is 2. The van der Waals surface area contributed by atoms with E-state index in [2.05, 4.69) is 53.3 Å². The van der Waals surface area contributed by atoms with Gasteiger partial charge in [-0.3, -0.25) is 9.97 Å². The van der Waals surface area contributed by atoms with Crippen molar-refractivity contribution >= 4 is 10.8 Å². The number of rotatable bonds is 1. The second kappa shape index (κ2) is 3.98. The third kappa shape index (κ3) is 1.78. The van der Waals surface area contributed by atoms with Crippen molar-refractivity contribution in [2.75, 3.05) is 0 Å². The number of hydrogen-bond donors (Lipinski definition) is 0. The minimum Gasteiger partial charge on any atom is -0.261 e. The first-order chi connectivity index (χ1) is 8.34. The summed E-state index contributed by atoms with van der Waals surface area (Å²) in [6, 6.07) is 12.7. The summed E-state index contributed by atoms with van der Waals surface area (Å²) in [6.07, 6.45) is 5.23. The normalized spacial score (nSPS) is 10.6. The molecule has 0 atom stereocenters. The molecule has 0 aliphatic heterocycles. The van der Waals surface area contributed by atoms with Gasteiger partial charge in [-0.15, -0.1) is 0 Å². The van der Waals surface area contributed by atoms with E-state index in [9.17, 15) is 0 Å². The molecule has 0 radical (unpaired) electrons. The van der Waals surface area contributed by atoms with Crippen molar-refractivity contribution in [2.24, 2.45) is 0 Å². The van der Waals surface area contributed by atoms with Crippen LogP contribution in [0.25, 0.3) is 22.0 Å². The van der Waals surface area contributed by atoms with Crippen LogP contribution in [0.3, 0.4) is 0 Å². The van der Waals surface area contributed by atoms with Crippen molar-refractivity contribution in [1.82, 2.24) is 9.97 Å². The van der Waals surface area contributed by atoms with E-state index in [1.54, 1.807) is 18.6 Å². The summed E-state index contributed by atoms with van der Waals surface area (Å²) in [5.41, 5.74) is 3.31. The number of benzene rings is 2. The Morgan fingerprint density at radius 1 is 1.00 bits per heavy atom. The van der Waals surface area contributed by atoms with Crippen LogP contribution in [0, 0.1) is 6.92 Å². The lowest BCUT2D eigenvalue weighted by atomic mass is 9.99. The van der Waals surface area contributed by atoms with Gasteiger partial charge in [0, 0.05) is 18.0 Å². The van der Waals surface area contributed by atoms with Gasteiger partial charge in [-0.2, -0.15) is 0 Å². The molecule has 2 nitrogen and oxygen atoms in total. The third-order valence-corrected chi connectivity index (χ3v) is 2.85. The van der Waals surface area contributed by atoms with Gasteiger partial charge in [0.2, 0.25) is 0 Å². The van der Waals surface area contributed by atoms with Crippen LogP contribution >= 0.6 is 0 Å². The van der Waals surface area contributed by atoms with Crippen molar-refractivity contribution < 1.29 is 0 Å². The Balaban J connectivity index is 2.36. The fourth-order valence-corrected chi connectivity index (χ4v) is 2.11. The summed E-state index contributed by atoms with van der Waals surface area (Å²) < 4.78 is 0. The van der Waals surface area contributed by atoms with E-state index in [0.717, 1.165) is 11.3 Å². The minimum atomic E-state index is 0.924. The lowest BCUT2D eigenvalue weighted by molar-refractivity contribution is 1.21. The molecule has 0 fully saturated rings. The Morgan fingerprint density at radius 2 is 1.88 bits per heavy atom. The molecular formula is C15H12N2. The Bertz CT molecular complexity index is 660. The smallest absolute Gasteiger partial charge is 0.0891 e. The second-order valence-corrected chi connectivity index (χ2v) is 4.12. The van der Waals surface area contributed by atoms with E-state index in [1.807, 2.05) is 0 Å². The van der Waals surface area contributed by atoms with Gasteiger partial charge < -0.3 is 0 Å². The average Bonchev–Trinajstić information content (AvgIpc) is 2.39. The molecule has 3 rings (SSSR count). The lowest BCUT2D eigenvalue weighted by Gasteiger charge is -2.07. The van der Waals surface area contributed by atoms with Crippen LogP contribution in [0.15, 0.2) is 55.0 Å². The maximum absolute atomic E-state index is 4.38. The largest absolute Gasteiger partial charge is 0.261 e. The summed E-state index contributed by atoms with van der Waals surface area (Å²) in [5, 5.41) is 2.46. The van der Waals surface area contributed by atoms with E-state index >= 15 is 0 Å². The zero-order valence-electron chi connectivity index (χ0n) is 9.59. The first-order valence-electron chi connectivity index (χ1n) is 5.60. The van der Waals surface area contributed by atoms with Crippen LogP contribution in [0.5, 0.6) is 0 Å². The van der Waals surface area contributed by atoms with Gasteiger partial charge in [-0.1, -0.05) is 30.3 Å². The van der Waals surface area contributed by atoms with Crippen LogP contribution < -0.4 is 0 Å². The zero-order chi connectivity index (χ0) is 11.7. The summed E-state index contributed by atoms with van der Waals surface area (Å²) in [7, 11) is 0. The van der Waals surface area contributed by atoms with E-state index in [-0.39, 0.29) is 0 Å². The van der Waals surface area contributed by atoms with E-state index < -0.39 is 0 Å². The molecule has 2 heteroatoms. The number of aryl methyl sites for hydroxylation is 1. The number of aromatic nitrogens is 2. The van der Waals surface area contributed by atoms with E-state index in [0.29, 0.717) is 0 Å². The maximum atomic E-state index is 4.38. The predicted molar refractivity (Wildman–Crippen MR) is 69.7 cm³/mol. The molecule has 0 bridgehead atoms. The standard InChI is InChI=1S/C15H12N2/c1-11-8-12-4-2-3-5-13(12)14(9-11)15-10-16-6-7-17-15/h2-10H,1H3. The maximum Gasteiger partial charge on any atom is 0.0891 e. The second-order valence-electron chi connectivity index (χ2n) is 4.12. The SMILES string of the molecule is Cc1cc(-c2cnccn2)c2ccccc2c1. The first kappa shape index (κ1) is 9.97. The van der Waals surface area contributed by atoms with Gasteiger partial charge >= 0.3 is 0 Å². The minimum absolute atomic E-state index is 0.924. The Morgan fingerprint density at radius 3 is 2.71 bits per heavy atom. The quantitative estimate of drug-likeness (QED) is 0.626. The fraction of sp³-hybridized carbons (Fsp3) is 0.0667. The van der Waals surface area contributed by atoms with Gasteiger partial charge in [-0.05, 0) is 29.3 Å². The highest BCUT2D eigenvalue weighted by Crippen LogP contribution is 2.28. The van der Waals surface area contributed by atoms with Crippen LogP contribution in [0.2, 0.25) is 0 Å². The third-order valence-electron chi connectivity index (χ3n) is 2.85. The highest BCUT2D eigenvalue weighted by Gasteiger charge is 2.05. The molecule has 1 aromatic heterocycles. The highest BCUT2D eigenvalue weighted by atomic mass is 14.8. The molecule has 3 aromatic rings. The summed E-state index contributed by atoms with van der Waals surface area (Å²) in [5.74, 6) is 0. The van der Waals surface area contributed by atoms with Crippen LogP contribution in [0.4, 0.5) is 0 Å². The van der Waals surface area contributed by atoms with Crippen molar-refractivity contribution in [2.45, 2.75) is 6.92 Å². The van der Waals surface area contributed by atoms with Crippen molar-refractivity contribution in [3.8, 4) is 11.3 Å². The molecule has 0 N–H and O–H groups in total. The monoisotopic (exact) mass is 220 g/mol. The molecule has 17 heavy (non-hydrogen) atoms. The van der Waals surface area contributed by atoms with E-state index in [1.165, 1.54) is 16.3 Å². The van der Waals surface area contributed by atoms with Gasteiger partial charge in [0.25, 0.3) is 0 Å². The lowest BCUT2D eigenvalue weighted by Crippen LogP contribution is -1.87. The van der Waals surface area contributed by atoms with Gasteiger partial charge in [0.05, 0.1) is 11.9 Å². The van der Waals surface area contributed by atoms with Crippen LogP contribution in [-0.2, 0) is 0 Å². The summed E-state index contributed by atoms with van der Waals surface area (Å²) in [4.78, 5) is 8.51. The molecule has 0 saturated carbocycles. The number of hydrogen-bond acceptors (Lipinski definition) is 2. The first-order valence-corrected chi connectivity index (χ1v) is 5.60. The molecule has 0 amide bonds.